The lowest BCUT2D eigenvalue weighted by Gasteiger charge is -2.20. The number of hydrogen-bond donors (Lipinski definition) is 0. The van der Waals surface area contributed by atoms with Crippen LogP contribution in [0, 0.1) is 20.2 Å². The van der Waals surface area contributed by atoms with Gasteiger partial charge in [0, 0.05) is 22.6 Å². The van der Waals surface area contributed by atoms with E-state index in [0.717, 1.165) is 18.2 Å². The first-order valence-electron chi connectivity index (χ1n) is 6.20. The van der Waals surface area contributed by atoms with Gasteiger partial charge in [-0.25, -0.2) is 0 Å². The lowest BCUT2D eigenvalue weighted by molar-refractivity contribution is -0.544. The van der Waals surface area contributed by atoms with Crippen molar-refractivity contribution in [3.8, 4) is 0 Å². The van der Waals surface area contributed by atoms with Crippen LogP contribution >= 0.6 is 0 Å². The molecule has 0 fully saturated rings. The van der Waals surface area contributed by atoms with E-state index in [-0.39, 0.29) is 5.56 Å². The van der Waals surface area contributed by atoms with E-state index in [1.54, 1.807) is 6.07 Å². The molecule has 2 rings (SSSR count). The van der Waals surface area contributed by atoms with Crippen molar-refractivity contribution < 1.29 is 19.4 Å². The lowest BCUT2D eigenvalue weighted by atomic mass is 9.82. The molecule has 0 heterocycles. The fourth-order valence-corrected chi connectivity index (χ4v) is 2.12. The van der Waals surface area contributed by atoms with E-state index in [4.69, 9.17) is 0 Å². The molecule has 1 atom stereocenters. The molecule has 0 amide bonds. The molecule has 0 saturated carbocycles. The second-order valence-corrected chi connectivity index (χ2v) is 4.66. The predicted molar refractivity (Wildman–Crippen MR) is 74.3 cm³/mol. The standard InChI is InChI=1S/C14H10N2O6/c17-12(10-5-2-1-3-6-10)13(18)14(16(21)22)8-4-7-11(9-14)15(19)20/h1-8H,9H2. The van der Waals surface area contributed by atoms with Crippen LogP contribution in [0.3, 0.4) is 0 Å². The number of Topliss-reactive ketones (excluding diaryl/α,β-unsaturated/α-hetero) is 2. The number of benzene rings is 1. The molecule has 1 aliphatic rings. The second kappa shape index (κ2) is 5.68. The maximum atomic E-state index is 12.3. The molecular weight excluding hydrogens is 292 g/mol. The molecule has 8 heteroatoms. The van der Waals surface area contributed by atoms with Crippen LogP contribution in [0.4, 0.5) is 0 Å². The van der Waals surface area contributed by atoms with Gasteiger partial charge in [0.05, 0.1) is 4.92 Å². The Kier molecular flexibility index (Phi) is 3.93. The third kappa shape index (κ3) is 2.53. The molecule has 1 unspecified atom stereocenters. The van der Waals surface area contributed by atoms with Crippen molar-refractivity contribution in [3.63, 3.8) is 0 Å². The molecule has 0 N–H and O–H groups in total. The van der Waals surface area contributed by atoms with Crippen molar-refractivity contribution >= 4 is 11.6 Å². The molecule has 0 saturated heterocycles. The van der Waals surface area contributed by atoms with Gasteiger partial charge in [0.2, 0.25) is 5.78 Å². The minimum absolute atomic E-state index is 0.000619. The van der Waals surface area contributed by atoms with Gasteiger partial charge in [0.15, 0.2) is 0 Å². The van der Waals surface area contributed by atoms with Crippen molar-refractivity contribution in [3.05, 3.63) is 80.0 Å². The van der Waals surface area contributed by atoms with Crippen LogP contribution in [-0.2, 0) is 4.79 Å². The van der Waals surface area contributed by atoms with Crippen LogP contribution in [0.5, 0.6) is 0 Å². The molecular formula is C14H10N2O6. The summed E-state index contributed by atoms with van der Waals surface area (Å²) in [4.78, 5) is 44.9. The smallest absolute Gasteiger partial charge is 0.285 e. The minimum Gasteiger partial charge on any atom is -0.285 e. The van der Waals surface area contributed by atoms with Gasteiger partial charge >= 0.3 is 5.54 Å². The average Bonchev–Trinajstić information content (AvgIpc) is 2.54. The summed E-state index contributed by atoms with van der Waals surface area (Å²) < 4.78 is 0. The third-order valence-electron chi connectivity index (χ3n) is 3.31. The van der Waals surface area contributed by atoms with Crippen LogP contribution in [0.2, 0.25) is 0 Å². The van der Waals surface area contributed by atoms with Gasteiger partial charge in [-0.05, 0) is 0 Å². The highest BCUT2D eigenvalue weighted by molar-refractivity contribution is 6.46. The fraction of sp³-hybridized carbons (Fsp3) is 0.143. The fourth-order valence-electron chi connectivity index (χ4n) is 2.12. The van der Waals surface area contributed by atoms with Crippen LogP contribution in [0.1, 0.15) is 16.8 Å². The topological polar surface area (TPSA) is 120 Å². The van der Waals surface area contributed by atoms with Crippen LogP contribution in [0.15, 0.2) is 54.3 Å². The summed E-state index contributed by atoms with van der Waals surface area (Å²) in [5, 5.41) is 22.2. The zero-order valence-corrected chi connectivity index (χ0v) is 11.2. The Hall–Kier alpha value is -3.16. The minimum atomic E-state index is -2.44. The van der Waals surface area contributed by atoms with Crippen molar-refractivity contribution in [2.75, 3.05) is 0 Å². The van der Waals surface area contributed by atoms with Gasteiger partial charge in [-0.1, -0.05) is 36.4 Å². The van der Waals surface area contributed by atoms with Gasteiger partial charge in [-0.3, -0.25) is 29.8 Å². The van der Waals surface area contributed by atoms with Gasteiger partial charge in [0.25, 0.3) is 11.5 Å². The molecule has 0 aliphatic heterocycles. The number of carbonyl (C=O) groups excluding carboxylic acids is 2. The maximum Gasteiger partial charge on any atom is 0.315 e. The third-order valence-corrected chi connectivity index (χ3v) is 3.31. The molecule has 0 aromatic heterocycles. The van der Waals surface area contributed by atoms with E-state index in [9.17, 15) is 29.8 Å². The van der Waals surface area contributed by atoms with Gasteiger partial charge in [-0.2, -0.15) is 0 Å². The number of hydrogen-bond acceptors (Lipinski definition) is 6. The second-order valence-electron chi connectivity index (χ2n) is 4.66. The van der Waals surface area contributed by atoms with Crippen LogP contribution in [-0.4, -0.2) is 27.0 Å². The van der Waals surface area contributed by atoms with Crippen LogP contribution < -0.4 is 0 Å². The number of nitrogens with zero attached hydrogens (tertiary/aromatic N) is 2. The molecule has 1 aromatic rings. The number of allylic oxidation sites excluding steroid dienone is 2. The largest absolute Gasteiger partial charge is 0.315 e. The van der Waals surface area contributed by atoms with E-state index in [0.29, 0.717) is 0 Å². The normalized spacial score (nSPS) is 20.1. The molecule has 22 heavy (non-hydrogen) atoms. The Labute approximate surface area is 124 Å². The first-order valence-corrected chi connectivity index (χ1v) is 6.20. The van der Waals surface area contributed by atoms with Crippen molar-refractivity contribution in [2.45, 2.75) is 12.0 Å². The Balaban J connectivity index is 2.42. The summed E-state index contributed by atoms with van der Waals surface area (Å²) in [5.41, 5.74) is -2.93. The highest BCUT2D eigenvalue weighted by atomic mass is 16.6. The number of rotatable bonds is 5. The monoisotopic (exact) mass is 302 g/mol. The van der Waals surface area contributed by atoms with E-state index in [1.165, 1.54) is 24.3 Å². The maximum absolute atomic E-state index is 12.3. The number of carbonyl (C=O) groups is 2. The highest BCUT2D eigenvalue weighted by Crippen LogP contribution is 2.29. The van der Waals surface area contributed by atoms with Crippen molar-refractivity contribution in [1.82, 2.24) is 0 Å². The molecule has 0 spiro atoms. The van der Waals surface area contributed by atoms with Gasteiger partial charge in [0.1, 0.15) is 6.42 Å². The van der Waals surface area contributed by atoms with E-state index in [1.807, 2.05) is 0 Å². The molecule has 1 aromatic carbocycles. The summed E-state index contributed by atoms with van der Waals surface area (Å²) >= 11 is 0. The molecule has 0 radical (unpaired) electrons. The number of nitro groups is 2. The van der Waals surface area contributed by atoms with E-state index in [2.05, 4.69) is 0 Å². The Morgan fingerprint density at radius 1 is 1.09 bits per heavy atom. The van der Waals surface area contributed by atoms with Crippen molar-refractivity contribution in [1.29, 1.82) is 0 Å². The summed E-state index contributed by atoms with van der Waals surface area (Å²) in [6, 6.07) is 7.35. The molecule has 1 aliphatic carbocycles. The molecule has 8 nitrogen and oxygen atoms in total. The number of ketones is 2. The average molecular weight is 302 g/mol. The summed E-state index contributed by atoms with van der Waals surface area (Å²) in [5.74, 6) is -2.35. The SMILES string of the molecule is O=C(C(=O)C1([N+](=O)[O-])C=CC=C([N+](=O)[O-])C1)c1ccccc1. The Bertz CT molecular complexity index is 722. The molecule has 0 bridgehead atoms. The van der Waals surface area contributed by atoms with E-state index >= 15 is 0 Å². The first kappa shape index (κ1) is 15.2. The first-order chi connectivity index (χ1) is 10.4. The van der Waals surface area contributed by atoms with Crippen molar-refractivity contribution in [2.24, 2.45) is 0 Å². The molecule has 112 valence electrons. The quantitative estimate of drug-likeness (QED) is 0.352. The lowest BCUT2D eigenvalue weighted by Crippen LogP contribution is -2.49. The highest BCUT2D eigenvalue weighted by Gasteiger charge is 2.55. The summed E-state index contributed by atoms with van der Waals surface area (Å²) in [6.07, 6.45) is 2.28. The zero-order chi connectivity index (χ0) is 16.3. The summed E-state index contributed by atoms with van der Waals surface area (Å²) in [7, 11) is 0. The van der Waals surface area contributed by atoms with Gasteiger partial charge in [-0.15, -0.1) is 0 Å². The Morgan fingerprint density at radius 2 is 1.73 bits per heavy atom. The Morgan fingerprint density at radius 3 is 2.27 bits per heavy atom. The zero-order valence-electron chi connectivity index (χ0n) is 11.2. The van der Waals surface area contributed by atoms with Gasteiger partial charge < -0.3 is 0 Å². The van der Waals surface area contributed by atoms with E-state index < -0.39 is 39.1 Å². The van der Waals surface area contributed by atoms with Crippen LogP contribution in [0.25, 0.3) is 0 Å². The predicted octanol–water partition coefficient (Wildman–Crippen LogP) is 1.57. The summed E-state index contributed by atoms with van der Waals surface area (Å²) in [6.45, 7) is 0.